The zero-order chi connectivity index (χ0) is 12.8. The zero-order valence-electron chi connectivity index (χ0n) is 9.80. The molecular formula is C9H13N3O4S. The zero-order valence-corrected chi connectivity index (χ0v) is 10.6. The largest absolute Gasteiger partial charge is 0.340 e. The number of rotatable bonds is 2. The fourth-order valence-corrected chi connectivity index (χ4v) is 3.77. The number of carbonyl (C=O) groups excluding carboxylic acids is 1. The van der Waals surface area contributed by atoms with Gasteiger partial charge in [-0.2, -0.15) is 4.98 Å². The molecule has 0 aromatic carbocycles. The summed E-state index contributed by atoms with van der Waals surface area (Å²) < 4.78 is 29.2. The lowest BCUT2D eigenvalue weighted by Gasteiger charge is -2.15. The van der Waals surface area contributed by atoms with Gasteiger partial charge in [0, 0.05) is 6.92 Å². The second-order valence-corrected chi connectivity index (χ2v) is 6.57. The van der Waals surface area contributed by atoms with E-state index in [1.807, 2.05) is 0 Å². The molecule has 1 aliphatic rings. The maximum atomic E-state index is 11.9. The third-order valence-corrected chi connectivity index (χ3v) is 4.59. The van der Waals surface area contributed by atoms with E-state index in [4.69, 9.17) is 4.52 Å². The van der Waals surface area contributed by atoms with Gasteiger partial charge in [0.05, 0.1) is 11.2 Å². The summed E-state index contributed by atoms with van der Waals surface area (Å²) in [6, 6.07) is 0. The first-order valence-corrected chi connectivity index (χ1v) is 6.67. The number of carbonyl (C=O) groups is 1. The number of hydrogen-bond acceptors (Lipinski definition) is 6. The Morgan fingerprint density at radius 2 is 2.12 bits per heavy atom. The van der Waals surface area contributed by atoms with Crippen molar-refractivity contribution in [3.63, 3.8) is 0 Å². The van der Waals surface area contributed by atoms with Gasteiger partial charge < -0.3 is 4.52 Å². The SMILES string of the molecule is Cc1nc(CN2C(=O)C(C)(C)CS2(=O)=O)no1. The summed E-state index contributed by atoms with van der Waals surface area (Å²) in [6.07, 6.45) is 0. The summed E-state index contributed by atoms with van der Waals surface area (Å²) >= 11 is 0. The van der Waals surface area contributed by atoms with Gasteiger partial charge in [-0.15, -0.1) is 0 Å². The van der Waals surface area contributed by atoms with Crippen LogP contribution in [0.2, 0.25) is 0 Å². The van der Waals surface area contributed by atoms with E-state index in [0.29, 0.717) is 5.89 Å². The van der Waals surface area contributed by atoms with Crippen LogP contribution in [0.3, 0.4) is 0 Å². The highest BCUT2D eigenvalue weighted by Gasteiger charge is 2.49. The van der Waals surface area contributed by atoms with Crippen LogP contribution in [-0.2, 0) is 21.4 Å². The molecule has 17 heavy (non-hydrogen) atoms. The summed E-state index contributed by atoms with van der Waals surface area (Å²) in [5.74, 6) is -0.0873. The minimum absolute atomic E-state index is 0.165. The van der Waals surface area contributed by atoms with Crippen LogP contribution in [0.25, 0.3) is 0 Å². The standard InChI is InChI=1S/C9H13N3O4S/c1-6-10-7(11-16-6)4-12-8(13)9(2,3)5-17(12,14)15/h4-5H2,1-3H3. The van der Waals surface area contributed by atoms with E-state index in [9.17, 15) is 13.2 Å². The van der Waals surface area contributed by atoms with Gasteiger partial charge >= 0.3 is 0 Å². The first-order valence-electron chi connectivity index (χ1n) is 5.06. The number of aromatic nitrogens is 2. The first kappa shape index (κ1) is 12.0. The smallest absolute Gasteiger partial charge is 0.243 e. The van der Waals surface area contributed by atoms with Gasteiger partial charge in [0.15, 0.2) is 5.82 Å². The van der Waals surface area contributed by atoms with Crippen LogP contribution in [0.1, 0.15) is 25.6 Å². The summed E-state index contributed by atoms with van der Waals surface area (Å²) in [6.45, 7) is 4.64. The van der Waals surface area contributed by atoms with E-state index in [-0.39, 0.29) is 18.1 Å². The van der Waals surface area contributed by atoms with Crippen LogP contribution in [0, 0.1) is 12.3 Å². The number of hydrogen-bond donors (Lipinski definition) is 0. The van der Waals surface area contributed by atoms with Crippen molar-refractivity contribution in [3.05, 3.63) is 11.7 Å². The molecule has 1 amide bonds. The van der Waals surface area contributed by atoms with Crippen molar-refractivity contribution < 1.29 is 17.7 Å². The van der Waals surface area contributed by atoms with E-state index in [1.165, 1.54) is 0 Å². The lowest BCUT2D eigenvalue weighted by Crippen LogP contribution is -2.32. The molecular weight excluding hydrogens is 246 g/mol. The second kappa shape index (κ2) is 3.52. The average molecular weight is 259 g/mol. The minimum Gasteiger partial charge on any atom is -0.340 e. The summed E-state index contributed by atoms with van der Waals surface area (Å²) in [5.41, 5.74) is -0.891. The minimum atomic E-state index is -3.57. The summed E-state index contributed by atoms with van der Waals surface area (Å²) in [7, 11) is -3.57. The molecule has 0 saturated carbocycles. The lowest BCUT2D eigenvalue weighted by molar-refractivity contribution is -0.132. The molecule has 0 N–H and O–H groups in total. The third kappa shape index (κ3) is 2.04. The van der Waals surface area contributed by atoms with E-state index < -0.39 is 21.3 Å². The van der Waals surface area contributed by atoms with E-state index in [1.54, 1.807) is 20.8 Å². The van der Waals surface area contributed by atoms with E-state index >= 15 is 0 Å². The van der Waals surface area contributed by atoms with Crippen LogP contribution in [0.5, 0.6) is 0 Å². The molecule has 8 heteroatoms. The molecule has 0 radical (unpaired) electrons. The number of aryl methyl sites for hydroxylation is 1. The molecule has 1 aromatic rings. The molecule has 7 nitrogen and oxygen atoms in total. The van der Waals surface area contributed by atoms with Gasteiger partial charge in [0.25, 0.3) is 0 Å². The second-order valence-electron chi connectivity index (χ2n) is 4.68. The van der Waals surface area contributed by atoms with Crippen molar-refractivity contribution in [1.29, 1.82) is 0 Å². The lowest BCUT2D eigenvalue weighted by atomic mass is 9.95. The molecule has 1 saturated heterocycles. The van der Waals surface area contributed by atoms with Crippen LogP contribution in [0.4, 0.5) is 0 Å². The maximum absolute atomic E-state index is 11.9. The number of sulfonamides is 1. The van der Waals surface area contributed by atoms with Gasteiger partial charge in [0.1, 0.15) is 6.54 Å². The molecule has 0 bridgehead atoms. The Morgan fingerprint density at radius 1 is 1.47 bits per heavy atom. The van der Waals surface area contributed by atoms with Crippen molar-refractivity contribution in [3.8, 4) is 0 Å². The Labute approximate surface area is 98.8 Å². The Bertz CT molecular complexity index is 561. The van der Waals surface area contributed by atoms with Crippen LogP contribution in [0.15, 0.2) is 4.52 Å². The Kier molecular flexibility index (Phi) is 2.49. The maximum Gasteiger partial charge on any atom is 0.243 e. The predicted molar refractivity (Wildman–Crippen MR) is 57.2 cm³/mol. The van der Waals surface area contributed by atoms with Crippen LogP contribution in [-0.4, -0.2) is 34.5 Å². The number of nitrogens with zero attached hydrogens (tertiary/aromatic N) is 3. The van der Waals surface area contributed by atoms with E-state index in [0.717, 1.165) is 4.31 Å². The van der Waals surface area contributed by atoms with Crippen LogP contribution >= 0.6 is 0 Å². The molecule has 2 rings (SSSR count). The molecule has 1 aliphatic heterocycles. The van der Waals surface area contributed by atoms with Crippen molar-refractivity contribution in [2.75, 3.05) is 5.75 Å². The molecule has 1 aromatic heterocycles. The molecule has 0 unspecified atom stereocenters. The topological polar surface area (TPSA) is 93.4 Å². The van der Waals surface area contributed by atoms with Crippen molar-refractivity contribution in [2.24, 2.45) is 5.41 Å². The fourth-order valence-electron chi connectivity index (χ4n) is 1.76. The van der Waals surface area contributed by atoms with Crippen LogP contribution < -0.4 is 0 Å². The highest BCUT2D eigenvalue weighted by molar-refractivity contribution is 7.90. The quantitative estimate of drug-likeness (QED) is 0.746. The van der Waals surface area contributed by atoms with E-state index in [2.05, 4.69) is 10.1 Å². The third-order valence-electron chi connectivity index (χ3n) is 2.54. The highest BCUT2D eigenvalue weighted by atomic mass is 32.2. The number of amides is 1. The summed E-state index contributed by atoms with van der Waals surface area (Å²) in [5, 5.41) is 3.58. The molecule has 0 atom stereocenters. The van der Waals surface area contributed by atoms with Gasteiger partial charge in [-0.1, -0.05) is 5.16 Å². The van der Waals surface area contributed by atoms with Crippen molar-refractivity contribution >= 4 is 15.9 Å². The first-order chi connectivity index (χ1) is 7.72. The normalized spacial score (nSPS) is 22.1. The highest BCUT2D eigenvalue weighted by Crippen LogP contribution is 2.32. The Balaban J connectivity index is 2.30. The van der Waals surface area contributed by atoms with Crippen molar-refractivity contribution in [2.45, 2.75) is 27.3 Å². The van der Waals surface area contributed by atoms with Gasteiger partial charge in [0.2, 0.25) is 21.8 Å². The van der Waals surface area contributed by atoms with Gasteiger partial charge in [-0.05, 0) is 13.8 Å². The monoisotopic (exact) mass is 259 g/mol. The Morgan fingerprint density at radius 3 is 2.53 bits per heavy atom. The average Bonchev–Trinajstić information content (AvgIpc) is 2.62. The molecule has 94 valence electrons. The fraction of sp³-hybridized carbons (Fsp3) is 0.667. The van der Waals surface area contributed by atoms with Gasteiger partial charge in [-0.25, -0.2) is 12.7 Å². The van der Waals surface area contributed by atoms with Gasteiger partial charge in [-0.3, -0.25) is 4.79 Å². The molecule has 1 fully saturated rings. The molecule has 0 spiro atoms. The summed E-state index contributed by atoms with van der Waals surface area (Å²) in [4.78, 5) is 15.8. The Hall–Kier alpha value is -1.44. The molecule has 2 heterocycles. The molecule has 0 aliphatic carbocycles. The predicted octanol–water partition coefficient (Wildman–Crippen LogP) is 0.0762. The van der Waals surface area contributed by atoms with Crippen molar-refractivity contribution in [1.82, 2.24) is 14.4 Å².